The van der Waals surface area contributed by atoms with Crippen LogP contribution >= 0.6 is 0 Å². The van der Waals surface area contributed by atoms with Crippen molar-refractivity contribution in [2.24, 2.45) is 0 Å². The first kappa shape index (κ1) is 15.2. The SMILES string of the molecule is CCCN1CC2=C(C1=O)[C@H](c1ccc(O)c(OC)c1)NC(=O)N2. The van der Waals surface area contributed by atoms with Gasteiger partial charge in [0, 0.05) is 6.54 Å². The minimum absolute atomic E-state index is 0.0103. The average Bonchev–Trinajstić information content (AvgIpc) is 2.83. The van der Waals surface area contributed by atoms with E-state index >= 15 is 0 Å². The summed E-state index contributed by atoms with van der Waals surface area (Å²) in [6, 6.07) is 3.90. The number of phenolic OH excluding ortho intramolecular Hbond substituents is 1. The first-order valence-corrected chi connectivity index (χ1v) is 7.52. The number of methoxy groups -OCH3 is 1. The Labute approximate surface area is 133 Å². The Morgan fingerprint density at radius 2 is 2.17 bits per heavy atom. The monoisotopic (exact) mass is 317 g/mol. The number of hydrogen-bond donors (Lipinski definition) is 3. The molecule has 0 saturated carbocycles. The van der Waals surface area contributed by atoms with Gasteiger partial charge in [-0.15, -0.1) is 0 Å². The molecule has 2 heterocycles. The summed E-state index contributed by atoms with van der Waals surface area (Å²) in [5, 5.41) is 15.2. The summed E-state index contributed by atoms with van der Waals surface area (Å²) >= 11 is 0. The van der Waals surface area contributed by atoms with Crippen LogP contribution in [0.3, 0.4) is 0 Å². The van der Waals surface area contributed by atoms with Crippen molar-refractivity contribution in [1.82, 2.24) is 15.5 Å². The molecular formula is C16H19N3O4. The maximum absolute atomic E-state index is 12.6. The minimum Gasteiger partial charge on any atom is -0.504 e. The molecule has 3 N–H and O–H groups in total. The molecule has 0 spiro atoms. The Bertz CT molecular complexity index is 699. The molecule has 7 nitrogen and oxygen atoms in total. The van der Waals surface area contributed by atoms with Crippen molar-refractivity contribution in [1.29, 1.82) is 0 Å². The summed E-state index contributed by atoms with van der Waals surface area (Å²) in [5.41, 5.74) is 1.88. The third-order valence-corrected chi connectivity index (χ3v) is 4.05. The van der Waals surface area contributed by atoms with Gasteiger partial charge in [-0.3, -0.25) is 4.79 Å². The number of carbonyl (C=O) groups excluding carboxylic acids is 2. The molecule has 3 rings (SSSR count). The van der Waals surface area contributed by atoms with Crippen LogP contribution in [0.25, 0.3) is 0 Å². The highest BCUT2D eigenvalue weighted by molar-refractivity contribution is 6.01. The number of amides is 3. The number of hydrogen-bond acceptors (Lipinski definition) is 4. The van der Waals surface area contributed by atoms with E-state index in [0.29, 0.717) is 35.7 Å². The van der Waals surface area contributed by atoms with Crippen molar-refractivity contribution in [2.45, 2.75) is 19.4 Å². The van der Waals surface area contributed by atoms with Crippen molar-refractivity contribution >= 4 is 11.9 Å². The highest BCUT2D eigenvalue weighted by atomic mass is 16.5. The maximum atomic E-state index is 12.6. The molecule has 1 atom stereocenters. The molecule has 3 amide bonds. The number of aromatic hydroxyl groups is 1. The summed E-state index contributed by atoms with van der Waals surface area (Å²) in [4.78, 5) is 26.3. The zero-order chi connectivity index (χ0) is 16.6. The van der Waals surface area contributed by atoms with E-state index in [1.807, 2.05) is 6.92 Å². The fourth-order valence-electron chi connectivity index (χ4n) is 3.00. The van der Waals surface area contributed by atoms with Crippen LogP contribution in [0.2, 0.25) is 0 Å². The van der Waals surface area contributed by atoms with E-state index in [1.165, 1.54) is 13.2 Å². The summed E-state index contributed by atoms with van der Waals surface area (Å²) in [6.45, 7) is 3.07. The molecule has 2 aliphatic rings. The van der Waals surface area contributed by atoms with Crippen LogP contribution < -0.4 is 15.4 Å². The summed E-state index contributed by atoms with van der Waals surface area (Å²) in [6.07, 6.45) is 0.853. The Morgan fingerprint density at radius 1 is 1.39 bits per heavy atom. The lowest BCUT2D eigenvalue weighted by molar-refractivity contribution is -0.125. The maximum Gasteiger partial charge on any atom is 0.319 e. The van der Waals surface area contributed by atoms with E-state index in [-0.39, 0.29) is 17.7 Å². The molecule has 0 saturated heterocycles. The van der Waals surface area contributed by atoms with E-state index in [4.69, 9.17) is 4.74 Å². The third kappa shape index (κ3) is 2.58. The average molecular weight is 317 g/mol. The van der Waals surface area contributed by atoms with Crippen LogP contribution in [0.5, 0.6) is 11.5 Å². The van der Waals surface area contributed by atoms with Crippen LogP contribution in [-0.2, 0) is 4.79 Å². The summed E-state index contributed by atoms with van der Waals surface area (Å²) < 4.78 is 5.11. The Hall–Kier alpha value is -2.70. The second-order valence-corrected chi connectivity index (χ2v) is 5.58. The zero-order valence-corrected chi connectivity index (χ0v) is 13.0. The van der Waals surface area contributed by atoms with E-state index < -0.39 is 6.04 Å². The summed E-state index contributed by atoms with van der Waals surface area (Å²) in [5.74, 6) is 0.232. The molecule has 2 aliphatic heterocycles. The molecule has 0 bridgehead atoms. The van der Waals surface area contributed by atoms with Crippen molar-refractivity contribution in [3.8, 4) is 11.5 Å². The van der Waals surface area contributed by atoms with Gasteiger partial charge in [0.05, 0.1) is 31.0 Å². The lowest BCUT2D eigenvalue weighted by atomic mass is 9.96. The predicted octanol–water partition coefficient (Wildman–Crippen LogP) is 1.26. The van der Waals surface area contributed by atoms with Gasteiger partial charge in [-0.2, -0.15) is 0 Å². The summed E-state index contributed by atoms with van der Waals surface area (Å²) in [7, 11) is 1.45. The first-order chi connectivity index (χ1) is 11.0. The fourth-order valence-corrected chi connectivity index (χ4v) is 3.00. The van der Waals surface area contributed by atoms with E-state index in [1.54, 1.807) is 17.0 Å². The van der Waals surface area contributed by atoms with Crippen molar-refractivity contribution < 1.29 is 19.4 Å². The van der Waals surface area contributed by atoms with Gasteiger partial charge >= 0.3 is 6.03 Å². The number of ether oxygens (including phenoxy) is 1. The molecule has 122 valence electrons. The second-order valence-electron chi connectivity index (χ2n) is 5.58. The van der Waals surface area contributed by atoms with Gasteiger partial charge in [-0.25, -0.2) is 4.79 Å². The number of phenols is 1. The number of carbonyl (C=O) groups is 2. The zero-order valence-electron chi connectivity index (χ0n) is 13.0. The van der Waals surface area contributed by atoms with Crippen LogP contribution in [0.15, 0.2) is 29.5 Å². The van der Waals surface area contributed by atoms with E-state index in [9.17, 15) is 14.7 Å². The van der Waals surface area contributed by atoms with Crippen LogP contribution in [0.1, 0.15) is 24.9 Å². The van der Waals surface area contributed by atoms with Gasteiger partial charge in [0.25, 0.3) is 5.91 Å². The first-order valence-electron chi connectivity index (χ1n) is 7.52. The van der Waals surface area contributed by atoms with Gasteiger partial charge in [-0.05, 0) is 24.1 Å². The predicted molar refractivity (Wildman–Crippen MR) is 83.0 cm³/mol. The van der Waals surface area contributed by atoms with Crippen LogP contribution in [-0.4, -0.2) is 42.1 Å². The van der Waals surface area contributed by atoms with Gasteiger partial charge in [0.15, 0.2) is 11.5 Å². The molecule has 1 aromatic rings. The molecule has 23 heavy (non-hydrogen) atoms. The smallest absolute Gasteiger partial charge is 0.319 e. The highest BCUT2D eigenvalue weighted by Gasteiger charge is 2.40. The van der Waals surface area contributed by atoms with Crippen LogP contribution in [0, 0.1) is 0 Å². The lowest BCUT2D eigenvalue weighted by Crippen LogP contribution is -2.44. The van der Waals surface area contributed by atoms with Crippen molar-refractivity contribution in [3.63, 3.8) is 0 Å². The van der Waals surface area contributed by atoms with E-state index in [2.05, 4.69) is 10.6 Å². The molecular weight excluding hydrogens is 298 g/mol. The number of nitrogens with zero attached hydrogens (tertiary/aromatic N) is 1. The highest BCUT2D eigenvalue weighted by Crippen LogP contribution is 2.36. The van der Waals surface area contributed by atoms with Crippen LogP contribution in [0.4, 0.5) is 4.79 Å². The fraction of sp³-hybridized carbons (Fsp3) is 0.375. The van der Waals surface area contributed by atoms with Crippen molar-refractivity contribution in [3.05, 3.63) is 35.0 Å². The second kappa shape index (κ2) is 5.83. The minimum atomic E-state index is -0.553. The molecule has 7 heteroatoms. The van der Waals surface area contributed by atoms with E-state index in [0.717, 1.165) is 6.42 Å². The third-order valence-electron chi connectivity index (χ3n) is 4.05. The van der Waals surface area contributed by atoms with Gasteiger partial charge in [0.1, 0.15) is 0 Å². The normalized spacial score (nSPS) is 20.3. The molecule has 0 aromatic heterocycles. The topological polar surface area (TPSA) is 90.9 Å². The molecule has 1 aromatic carbocycles. The number of urea groups is 1. The molecule has 0 unspecified atom stereocenters. The standard InChI is InChI=1S/C16H19N3O4/c1-3-6-19-8-10-13(15(19)21)14(18-16(22)17-10)9-4-5-11(20)12(7-9)23-2/h4-5,7,14,20H,3,6,8H2,1-2H3,(H2,17,18,22)/t14-/m0/s1. The van der Waals surface area contributed by atoms with Crippen molar-refractivity contribution in [2.75, 3.05) is 20.2 Å². The lowest BCUT2D eigenvalue weighted by Gasteiger charge is -2.26. The Morgan fingerprint density at radius 3 is 2.87 bits per heavy atom. The number of benzene rings is 1. The molecule has 0 radical (unpaired) electrons. The quantitative estimate of drug-likeness (QED) is 0.780. The van der Waals surface area contributed by atoms with Gasteiger partial charge < -0.3 is 25.4 Å². The molecule has 0 fully saturated rings. The van der Waals surface area contributed by atoms with Gasteiger partial charge in [0.2, 0.25) is 0 Å². The number of nitrogens with one attached hydrogen (secondary N) is 2. The molecule has 0 aliphatic carbocycles. The van der Waals surface area contributed by atoms with Gasteiger partial charge in [-0.1, -0.05) is 13.0 Å². The largest absolute Gasteiger partial charge is 0.504 e. The Kier molecular flexibility index (Phi) is 3.85. The Balaban J connectivity index is 1.99. The number of rotatable bonds is 4.